The summed E-state index contributed by atoms with van der Waals surface area (Å²) in [6, 6.07) is 0. The van der Waals surface area contributed by atoms with E-state index in [0.29, 0.717) is 6.42 Å². The first-order chi connectivity index (χ1) is 13.7. The quantitative estimate of drug-likeness (QED) is 0.654. The van der Waals surface area contributed by atoms with Gasteiger partial charge < -0.3 is 19.7 Å². The Labute approximate surface area is 175 Å². The van der Waals surface area contributed by atoms with E-state index in [1.54, 1.807) is 0 Å². The Morgan fingerprint density at radius 3 is 2.66 bits per heavy atom. The molecule has 3 rings (SSSR count). The van der Waals surface area contributed by atoms with Crippen LogP contribution in [0, 0.1) is 5.92 Å². The average Bonchev–Trinajstić information content (AvgIpc) is 2.61. The summed E-state index contributed by atoms with van der Waals surface area (Å²) in [6.45, 7) is 10.4. The molecule has 1 aliphatic carbocycles. The summed E-state index contributed by atoms with van der Waals surface area (Å²) in [7, 11) is 0. The molecular weight excluding hydrogens is 364 g/mol. The topological polar surface area (TPSA) is 58.9 Å². The molecule has 0 aromatic carbocycles. The summed E-state index contributed by atoms with van der Waals surface area (Å²) >= 11 is 0. The zero-order valence-electron chi connectivity index (χ0n) is 18.4. The van der Waals surface area contributed by atoms with E-state index < -0.39 is 11.9 Å². The van der Waals surface area contributed by atoms with Crippen molar-refractivity contribution < 1.29 is 19.7 Å². The molecule has 0 radical (unpaired) electrons. The van der Waals surface area contributed by atoms with Gasteiger partial charge in [-0.1, -0.05) is 34.9 Å². The zero-order chi connectivity index (χ0) is 21.2. The fourth-order valence-corrected chi connectivity index (χ4v) is 4.55. The minimum absolute atomic E-state index is 0.0108. The molecule has 29 heavy (non-hydrogen) atoms. The van der Waals surface area contributed by atoms with Gasteiger partial charge in [-0.3, -0.25) is 0 Å². The van der Waals surface area contributed by atoms with Gasteiger partial charge in [-0.15, -0.1) is 0 Å². The van der Waals surface area contributed by atoms with Crippen molar-refractivity contribution in [1.82, 2.24) is 0 Å². The van der Waals surface area contributed by atoms with Crippen molar-refractivity contribution >= 4 is 0 Å². The fraction of sp³-hybridized carbons (Fsp3) is 0.600. The number of ether oxygens (including phenoxy) is 2. The second kappa shape index (κ2) is 9.13. The maximum absolute atomic E-state index is 10.2. The SMILES string of the molecule is CC(C)=CCCC(C)=C[C@@H]1CC(C)=C[C@]2(C=C(CO)[C@H]3C[C@H](O)C(C)=C[C@H]3O2)O1. The van der Waals surface area contributed by atoms with Crippen LogP contribution in [0.25, 0.3) is 0 Å². The van der Waals surface area contributed by atoms with Crippen molar-refractivity contribution in [3.63, 3.8) is 0 Å². The van der Waals surface area contributed by atoms with E-state index in [9.17, 15) is 10.2 Å². The molecule has 5 atom stereocenters. The van der Waals surface area contributed by atoms with Crippen molar-refractivity contribution in [3.8, 4) is 0 Å². The molecule has 4 nitrogen and oxygen atoms in total. The van der Waals surface area contributed by atoms with Gasteiger partial charge in [0.15, 0.2) is 0 Å². The van der Waals surface area contributed by atoms with E-state index >= 15 is 0 Å². The molecule has 2 heterocycles. The third-order valence-electron chi connectivity index (χ3n) is 6.06. The van der Waals surface area contributed by atoms with Crippen molar-refractivity contribution in [2.75, 3.05) is 6.61 Å². The van der Waals surface area contributed by atoms with Crippen LogP contribution in [-0.4, -0.2) is 40.9 Å². The number of hydrogen-bond acceptors (Lipinski definition) is 4. The summed E-state index contributed by atoms with van der Waals surface area (Å²) in [5, 5.41) is 20.2. The largest absolute Gasteiger partial charge is 0.392 e. The van der Waals surface area contributed by atoms with E-state index in [1.807, 2.05) is 25.2 Å². The third-order valence-corrected chi connectivity index (χ3v) is 6.06. The number of aliphatic hydroxyl groups is 2. The highest BCUT2D eigenvalue weighted by Gasteiger charge is 2.45. The Balaban J connectivity index is 1.82. The van der Waals surface area contributed by atoms with Gasteiger partial charge in [0, 0.05) is 5.92 Å². The third kappa shape index (κ3) is 5.37. The number of rotatable bonds is 5. The predicted molar refractivity (Wildman–Crippen MR) is 116 cm³/mol. The molecule has 0 saturated carbocycles. The first-order valence-electron chi connectivity index (χ1n) is 10.7. The van der Waals surface area contributed by atoms with Gasteiger partial charge in [-0.2, -0.15) is 0 Å². The van der Waals surface area contributed by atoms with Crippen molar-refractivity contribution in [2.45, 2.75) is 84.4 Å². The predicted octanol–water partition coefficient (Wildman–Crippen LogP) is 4.76. The molecule has 2 aliphatic heterocycles. The highest BCUT2D eigenvalue weighted by atomic mass is 16.7. The fourth-order valence-electron chi connectivity index (χ4n) is 4.55. The van der Waals surface area contributed by atoms with Gasteiger partial charge in [0.05, 0.1) is 24.9 Å². The van der Waals surface area contributed by atoms with Gasteiger partial charge >= 0.3 is 0 Å². The van der Waals surface area contributed by atoms with Crippen LogP contribution in [0.2, 0.25) is 0 Å². The number of allylic oxidation sites excluding steroid dienone is 3. The van der Waals surface area contributed by atoms with E-state index in [2.05, 4.69) is 39.8 Å². The summed E-state index contributed by atoms with van der Waals surface area (Å²) in [5.74, 6) is -0.967. The highest BCUT2D eigenvalue weighted by molar-refractivity contribution is 5.32. The summed E-state index contributed by atoms with van der Waals surface area (Å²) in [5.41, 5.74) is 5.69. The lowest BCUT2D eigenvalue weighted by Crippen LogP contribution is -2.49. The van der Waals surface area contributed by atoms with Crippen LogP contribution in [-0.2, 0) is 9.47 Å². The Morgan fingerprint density at radius 1 is 1.21 bits per heavy atom. The maximum atomic E-state index is 10.2. The monoisotopic (exact) mass is 400 g/mol. The average molecular weight is 401 g/mol. The van der Waals surface area contributed by atoms with Crippen LogP contribution >= 0.6 is 0 Å². The zero-order valence-corrected chi connectivity index (χ0v) is 18.4. The maximum Gasteiger partial charge on any atom is 0.209 e. The lowest BCUT2D eigenvalue weighted by molar-refractivity contribution is -0.226. The van der Waals surface area contributed by atoms with Crippen molar-refractivity contribution in [2.24, 2.45) is 5.92 Å². The molecule has 0 saturated heterocycles. The number of hydrogen-bond donors (Lipinski definition) is 2. The lowest BCUT2D eigenvalue weighted by Gasteiger charge is -2.46. The highest BCUT2D eigenvalue weighted by Crippen LogP contribution is 2.43. The Hall–Kier alpha value is -1.46. The van der Waals surface area contributed by atoms with Gasteiger partial charge in [0.2, 0.25) is 5.79 Å². The minimum atomic E-state index is -0.956. The molecule has 2 N–H and O–H groups in total. The second-order valence-corrected chi connectivity index (χ2v) is 9.13. The second-order valence-electron chi connectivity index (χ2n) is 9.13. The first-order valence-corrected chi connectivity index (χ1v) is 10.7. The lowest BCUT2D eigenvalue weighted by atomic mass is 9.78. The number of aliphatic hydroxyl groups excluding tert-OH is 2. The van der Waals surface area contributed by atoms with Crippen LogP contribution < -0.4 is 0 Å². The molecule has 160 valence electrons. The first kappa shape index (κ1) is 22.2. The van der Waals surface area contributed by atoms with E-state index in [-0.39, 0.29) is 24.7 Å². The van der Waals surface area contributed by atoms with Gasteiger partial charge in [0.1, 0.15) is 0 Å². The molecule has 0 aromatic rings. The Morgan fingerprint density at radius 2 is 1.97 bits per heavy atom. The smallest absolute Gasteiger partial charge is 0.209 e. The molecule has 0 bridgehead atoms. The molecule has 4 heteroatoms. The molecule has 0 fully saturated rings. The van der Waals surface area contributed by atoms with Crippen LogP contribution in [0.5, 0.6) is 0 Å². The molecular formula is C25H36O4. The van der Waals surface area contributed by atoms with Crippen molar-refractivity contribution in [1.29, 1.82) is 0 Å². The van der Waals surface area contributed by atoms with Crippen LogP contribution in [0.3, 0.4) is 0 Å². The number of fused-ring (bicyclic) bond motifs is 1. The summed E-state index contributed by atoms with van der Waals surface area (Å²) < 4.78 is 12.9. The normalized spacial score (nSPS) is 34.9. The molecule has 0 amide bonds. The van der Waals surface area contributed by atoms with Gasteiger partial charge in [-0.25, -0.2) is 0 Å². The van der Waals surface area contributed by atoms with E-state index in [4.69, 9.17) is 9.47 Å². The minimum Gasteiger partial charge on any atom is -0.392 e. The summed E-state index contributed by atoms with van der Waals surface area (Å²) in [6.07, 6.45) is 13.2. The van der Waals surface area contributed by atoms with Crippen LogP contribution in [0.15, 0.2) is 58.2 Å². The molecule has 3 aliphatic rings. The van der Waals surface area contributed by atoms with Crippen molar-refractivity contribution in [3.05, 3.63) is 58.2 Å². The van der Waals surface area contributed by atoms with Crippen LogP contribution in [0.4, 0.5) is 0 Å². The van der Waals surface area contributed by atoms with Crippen LogP contribution in [0.1, 0.15) is 60.3 Å². The Bertz CT molecular complexity index is 766. The molecule has 0 aromatic heterocycles. The van der Waals surface area contributed by atoms with Gasteiger partial charge in [-0.05, 0) is 83.6 Å². The van der Waals surface area contributed by atoms with E-state index in [0.717, 1.165) is 30.4 Å². The van der Waals surface area contributed by atoms with Gasteiger partial charge in [0.25, 0.3) is 0 Å². The molecule has 0 unspecified atom stereocenters. The Kier molecular flexibility index (Phi) is 7.00. The van der Waals surface area contributed by atoms with E-state index in [1.165, 1.54) is 16.7 Å². The molecule has 1 spiro atoms. The summed E-state index contributed by atoms with van der Waals surface area (Å²) in [4.78, 5) is 0. The standard InChI is InChI=1S/C25H36O4/c1-16(2)7-6-8-17(3)9-21-10-18(4)13-25(28-21)14-20(15-26)22-12-23(27)19(5)11-24(22)29-25/h7,9,11,13-14,21-24,26-27H,6,8,10,12,15H2,1-5H3/t21-,22-,23+,24-,25+/m1/s1.